The minimum atomic E-state index is -0.224. The molecule has 7 nitrogen and oxygen atoms in total. The van der Waals surface area contributed by atoms with E-state index in [1.165, 1.54) is 25.0 Å². The van der Waals surface area contributed by atoms with Crippen LogP contribution < -0.4 is 15.4 Å². The van der Waals surface area contributed by atoms with Gasteiger partial charge in [-0.05, 0) is 48.1 Å². The molecule has 2 heterocycles. The average molecular weight is 442 g/mol. The molecule has 172 valence electrons. The van der Waals surface area contributed by atoms with Gasteiger partial charge in [0.15, 0.2) is 5.96 Å². The van der Waals surface area contributed by atoms with Crippen molar-refractivity contribution in [3.8, 4) is 5.88 Å². The molecule has 1 aromatic carbocycles. The molecule has 0 spiro atoms. The fraction of sp³-hybridized carbons (Fsp3) is 0.500. The van der Waals surface area contributed by atoms with E-state index in [0.29, 0.717) is 44.1 Å². The van der Waals surface area contributed by atoms with Crippen LogP contribution in [0.3, 0.4) is 0 Å². The van der Waals surface area contributed by atoms with Crippen molar-refractivity contribution in [1.29, 1.82) is 0 Å². The minimum Gasteiger partial charge on any atom is -0.477 e. The Kier molecular flexibility index (Phi) is 7.90. The predicted octanol–water partition coefficient (Wildman–Crippen LogP) is 2.75. The molecule has 1 unspecified atom stereocenters. The third kappa shape index (κ3) is 6.64. The van der Waals surface area contributed by atoms with Crippen molar-refractivity contribution in [2.24, 2.45) is 10.9 Å². The molecule has 2 aliphatic rings. The van der Waals surface area contributed by atoms with Crippen molar-refractivity contribution < 1.29 is 13.9 Å². The Morgan fingerprint density at radius 2 is 2.00 bits per heavy atom. The number of nitrogens with one attached hydrogen (secondary N) is 2. The second kappa shape index (κ2) is 11.2. The van der Waals surface area contributed by atoms with Gasteiger partial charge in [0, 0.05) is 45.5 Å². The summed E-state index contributed by atoms with van der Waals surface area (Å²) >= 11 is 0. The number of nitrogens with zero attached hydrogens (tertiary/aromatic N) is 3. The number of pyridine rings is 1. The van der Waals surface area contributed by atoms with Gasteiger partial charge in [-0.3, -0.25) is 9.89 Å². The monoisotopic (exact) mass is 441 g/mol. The summed E-state index contributed by atoms with van der Waals surface area (Å²) in [5.74, 6) is 1.85. The van der Waals surface area contributed by atoms with Crippen LogP contribution in [0.2, 0.25) is 0 Å². The van der Waals surface area contributed by atoms with Crippen molar-refractivity contribution in [2.75, 3.05) is 46.5 Å². The van der Waals surface area contributed by atoms with Crippen LogP contribution in [0.4, 0.5) is 4.39 Å². The van der Waals surface area contributed by atoms with Crippen LogP contribution in [0.15, 0.2) is 47.6 Å². The molecule has 1 aliphatic carbocycles. The van der Waals surface area contributed by atoms with E-state index in [4.69, 9.17) is 9.47 Å². The molecule has 4 rings (SSSR count). The first kappa shape index (κ1) is 22.5. The summed E-state index contributed by atoms with van der Waals surface area (Å²) in [5, 5.41) is 6.79. The van der Waals surface area contributed by atoms with E-state index in [1.807, 2.05) is 24.3 Å². The Hall–Kier alpha value is -2.71. The lowest BCUT2D eigenvalue weighted by Gasteiger charge is -2.35. The maximum Gasteiger partial charge on any atom is 0.213 e. The van der Waals surface area contributed by atoms with Gasteiger partial charge in [0.1, 0.15) is 5.82 Å². The maximum atomic E-state index is 13.5. The largest absolute Gasteiger partial charge is 0.477 e. The van der Waals surface area contributed by atoms with E-state index in [9.17, 15) is 4.39 Å². The highest BCUT2D eigenvalue weighted by Crippen LogP contribution is 2.29. The smallest absolute Gasteiger partial charge is 0.213 e. The zero-order chi connectivity index (χ0) is 22.2. The lowest BCUT2D eigenvalue weighted by atomic mass is 10.0. The fourth-order valence-electron chi connectivity index (χ4n) is 3.76. The standard InChI is InChI=1S/C24H32FN5O2/c1-26-24(28-15-19-8-9-27-23(14-19)32-17-18-2-3-18)29-16-22(30-10-12-31-13-11-30)20-4-6-21(25)7-5-20/h4-9,14,18,22H,2-3,10-13,15-17H2,1H3,(H2,26,28,29). The summed E-state index contributed by atoms with van der Waals surface area (Å²) in [4.78, 5) is 11.0. The lowest BCUT2D eigenvalue weighted by molar-refractivity contribution is 0.0170. The summed E-state index contributed by atoms with van der Waals surface area (Å²) in [6, 6.07) is 10.8. The van der Waals surface area contributed by atoms with Crippen molar-refractivity contribution in [2.45, 2.75) is 25.4 Å². The van der Waals surface area contributed by atoms with Crippen LogP contribution in [0.5, 0.6) is 5.88 Å². The number of guanidine groups is 1. The van der Waals surface area contributed by atoms with Crippen LogP contribution >= 0.6 is 0 Å². The van der Waals surface area contributed by atoms with E-state index < -0.39 is 0 Å². The van der Waals surface area contributed by atoms with Gasteiger partial charge < -0.3 is 20.1 Å². The number of hydrogen-bond acceptors (Lipinski definition) is 5. The molecule has 1 saturated carbocycles. The Morgan fingerprint density at radius 3 is 2.72 bits per heavy atom. The quantitative estimate of drug-likeness (QED) is 0.461. The van der Waals surface area contributed by atoms with Gasteiger partial charge >= 0.3 is 0 Å². The number of aromatic nitrogens is 1. The fourth-order valence-corrected chi connectivity index (χ4v) is 3.76. The van der Waals surface area contributed by atoms with Crippen LogP contribution in [0.1, 0.15) is 30.0 Å². The molecule has 32 heavy (non-hydrogen) atoms. The van der Waals surface area contributed by atoms with Gasteiger partial charge in [-0.2, -0.15) is 0 Å². The van der Waals surface area contributed by atoms with Gasteiger partial charge in [0.25, 0.3) is 0 Å². The minimum absolute atomic E-state index is 0.0985. The van der Waals surface area contributed by atoms with E-state index >= 15 is 0 Å². The molecule has 1 atom stereocenters. The van der Waals surface area contributed by atoms with E-state index in [-0.39, 0.29) is 11.9 Å². The molecule has 8 heteroatoms. The molecular weight excluding hydrogens is 409 g/mol. The number of morpholine rings is 1. The Morgan fingerprint density at radius 1 is 1.22 bits per heavy atom. The Bertz CT molecular complexity index is 882. The van der Waals surface area contributed by atoms with Crippen molar-refractivity contribution in [3.05, 3.63) is 59.5 Å². The zero-order valence-corrected chi connectivity index (χ0v) is 18.6. The number of benzene rings is 1. The SMILES string of the molecule is CN=C(NCc1ccnc(OCC2CC2)c1)NCC(c1ccc(F)cc1)N1CCOCC1. The maximum absolute atomic E-state index is 13.5. The number of rotatable bonds is 9. The van der Waals surface area contributed by atoms with Crippen molar-refractivity contribution >= 4 is 5.96 Å². The Balaban J connectivity index is 1.33. The lowest BCUT2D eigenvalue weighted by Crippen LogP contribution is -2.46. The zero-order valence-electron chi connectivity index (χ0n) is 18.6. The van der Waals surface area contributed by atoms with E-state index in [2.05, 4.69) is 25.5 Å². The van der Waals surface area contributed by atoms with Crippen LogP contribution in [-0.2, 0) is 11.3 Å². The highest BCUT2D eigenvalue weighted by atomic mass is 19.1. The second-order valence-electron chi connectivity index (χ2n) is 8.28. The van der Waals surface area contributed by atoms with Gasteiger partial charge in [-0.1, -0.05) is 12.1 Å². The number of halogens is 1. The first-order chi connectivity index (χ1) is 15.7. The molecule has 1 saturated heterocycles. The topological polar surface area (TPSA) is 71.0 Å². The molecule has 1 aromatic heterocycles. The summed E-state index contributed by atoms with van der Waals surface area (Å²) in [7, 11) is 1.76. The molecule has 2 N–H and O–H groups in total. The molecule has 1 aliphatic heterocycles. The summed E-state index contributed by atoms with van der Waals surface area (Å²) in [5.41, 5.74) is 2.15. The third-order valence-corrected chi connectivity index (χ3v) is 5.85. The van der Waals surface area contributed by atoms with Gasteiger partial charge in [0.05, 0.1) is 25.9 Å². The first-order valence-corrected chi connectivity index (χ1v) is 11.3. The average Bonchev–Trinajstić information content (AvgIpc) is 3.66. The highest BCUT2D eigenvalue weighted by molar-refractivity contribution is 5.79. The molecule has 2 fully saturated rings. The molecule has 2 aromatic rings. The summed E-state index contributed by atoms with van der Waals surface area (Å²) in [6.45, 7) is 5.11. The normalized spacial score (nSPS) is 18.2. The number of aliphatic imine (C=N–C) groups is 1. The first-order valence-electron chi connectivity index (χ1n) is 11.3. The molecular formula is C24H32FN5O2. The molecule has 0 amide bonds. The van der Waals surface area contributed by atoms with Crippen LogP contribution in [0, 0.1) is 11.7 Å². The van der Waals surface area contributed by atoms with Crippen LogP contribution in [-0.4, -0.2) is 62.3 Å². The highest BCUT2D eigenvalue weighted by Gasteiger charge is 2.23. The van der Waals surface area contributed by atoms with E-state index in [1.54, 1.807) is 13.2 Å². The van der Waals surface area contributed by atoms with Gasteiger partial charge in [-0.25, -0.2) is 9.37 Å². The van der Waals surface area contributed by atoms with Gasteiger partial charge in [0.2, 0.25) is 5.88 Å². The summed E-state index contributed by atoms with van der Waals surface area (Å²) in [6.07, 6.45) is 4.29. The second-order valence-corrected chi connectivity index (χ2v) is 8.28. The molecule has 0 radical (unpaired) electrons. The Labute approximate surface area is 189 Å². The molecule has 0 bridgehead atoms. The predicted molar refractivity (Wildman–Crippen MR) is 122 cm³/mol. The number of ether oxygens (including phenoxy) is 2. The van der Waals surface area contributed by atoms with Crippen molar-refractivity contribution in [3.63, 3.8) is 0 Å². The summed E-state index contributed by atoms with van der Waals surface area (Å²) < 4.78 is 24.7. The van der Waals surface area contributed by atoms with Crippen LogP contribution in [0.25, 0.3) is 0 Å². The van der Waals surface area contributed by atoms with Crippen molar-refractivity contribution in [1.82, 2.24) is 20.5 Å². The van der Waals surface area contributed by atoms with Gasteiger partial charge in [-0.15, -0.1) is 0 Å². The van der Waals surface area contributed by atoms with E-state index in [0.717, 1.165) is 30.8 Å². The number of hydrogen-bond donors (Lipinski definition) is 2. The third-order valence-electron chi connectivity index (χ3n) is 5.85.